The van der Waals surface area contributed by atoms with Crippen LogP contribution in [-0.2, 0) is 0 Å². The van der Waals surface area contributed by atoms with Crippen molar-refractivity contribution in [1.29, 1.82) is 0 Å². The molecule has 0 bridgehead atoms. The summed E-state index contributed by atoms with van der Waals surface area (Å²) in [5.74, 6) is 0. The zero-order chi connectivity index (χ0) is 7.40. The first-order chi connectivity index (χ1) is 4.83. The first kappa shape index (κ1) is 8.37. The van der Waals surface area contributed by atoms with E-state index in [1.54, 1.807) is 0 Å². The highest BCUT2D eigenvalue weighted by Crippen LogP contribution is 2.21. The molecule has 1 heterocycles. The van der Waals surface area contributed by atoms with Gasteiger partial charge in [-0.1, -0.05) is 6.92 Å². The molecule has 2 N–H and O–H groups in total. The Morgan fingerprint density at radius 1 is 1.80 bits per heavy atom. The number of hydrogen-bond donors (Lipinski definition) is 2. The molecule has 2 atom stereocenters. The Labute approximate surface area is 66.4 Å². The van der Waals surface area contributed by atoms with Gasteiger partial charge in [0, 0.05) is 17.0 Å². The lowest BCUT2D eigenvalue weighted by Crippen LogP contribution is -2.14. The predicted octanol–water partition coefficient (Wildman–Crippen LogP) is 0.462. The molecule has 0 aromatic heterocycles. The van der Waals surface area contributed by atoms with Gasteiger partial charge in [0.15, 0.2) is 0 Å². The van der Waals surface area contributed by atoms with E-state index in [0.29, 0.717) is 11.9 Å². The van der Waals surface area contributed by atoms with Gasteiger partial charge in [-0.25, -0.2) is 0 Å². The predicted molar refractivity (Wildman–Crippen MR) is 45.4 cm³/mol. The lowest BCUT2D eigenvalue weighted by atomic mass is 10.4. The lowest BCUT2D eigenvalue weighted by molar-refractivity contribution is 0.300. The van der Waals surface area contributed by atoms with Gasteiger partial charge in [0.05, 0.1) is 6.61 Å². The summed E-state index contributed by atoms with van der Waals surface area (Å²) in [6, 6.07) is 0. The SMILES string of the molecule is CC(CO)SC1CCNC1. The van der Waals surface area contributed by atoms with Crippen molar-refractivity contribution < 1.29 is 5.11 Å². The highest BCUT2D eigenvalue weighted by Gasteiger charge is 2.16. The summed E-state index contributed by atoms with van der Waals surface area (Å²) < 4.78 is 0. The van der Waals surface area contributed by atoms with Gasteiger partial charge >= 0.3 is 0 Å². The summed E-state index contributed by atoms with van der Waals surface area (Å²) in [6.45, 7) is 4.65. The molecule has 0 aromatic rings. The van der Waals surface area contributed by atoms with Crippen LogP contribution in [0.1, 0.15) is 13.3 Å². The largest absolute Gasteiger partial charge is 0.395 e. The first-order valence-electron chi connectivity index (χ1n) is 3.80. The zero-order valence-electron chi connectivity index (χ0n) is 6.34. The summed E-state index contributed by atoms with van der Waals surface area (Å²) in [5.41, 5.74) is 0. The summed E-state index contributed by atoms with van der Waals surface area (Å²) >= 11 is 1.89. The second-order valence-corrected chi connectivity index (χ2v) is 4.49. The molecule has 10 heavy (non-hydrogen) atoms. The van der Waals surface area contributed by atoms with E-state index in [9.17, 15) is 0 Å². The summed E-state index contributed by atoms with van der Waals surface area (Å²) in [6.07, 6.45) is 1.26. The fourth-order valence-corrected chi connectivity index (χ4v) is 2.33. The maximum Gasteiger partial charge on any atom is 0.0547 e. The third-order valence-electron chi connectivity index (χ3n) is 1.70. The number of aliphatic hydroxyl groups is 1. The van der Waals surface area contributed by atoms with Crippen LogP contribution in [0.5, 0.6) is 0 Å². The summed E-state index contributed by atoms with van der Waals surface area (Å²) in [4.78, 5) is 0. The second-order valence-electron chi connectivity index (χ2n) is 2.74. The Kier molecular flexibility index (Phi) is 3.52. The van der Waals surface area contributed by atoms with Crippen LogP contribution in [0.4, 0.5) is 0 Å². The fourth-order valence-electron chi connectivity index (χ4n) is 1.12. The van der Waals surface area contributed by atoms with Crippen LogP contribution < -0.4 is 5.32 Å². The van der Waals surface area contributed by atoms with Crippen molar-refractivity contribution in [1.82, 2.24) is 5.32 Å². The maximum atomic E-state index is 8.75. The van der Waals surface area contributed by atoms with Crippen LogP contribution in [0.25, 0.3) is 0 Å². The number of aliphatic hydroxyl groups excluding tert-OH is 1. The van der Waals surface area contributed by atoms with Crippen molar-refractivity contribution in [2.24, 2.45) is 0 Å². The van der Waals surface area contributed by atoms with Gasteiger partial charge in [-0.15, -0.1) is 0 Å². The minimum atomic E-state index is 0.307. The van der Waals surface area contributed by atoms with Gasteiger partial charge < -0.3 is 10.4 Å². The molecule has 1 rings (SSSR count). The average molecular weight is 161 g/mol. The molecule has 0 aliphatic carbocycles. The number of thioether (sulfide) groups is 1. The molecule has 60 valence electrons. The number of hydrogen-bond acceptors (Lipinski definition) is 3. The van der Waals surface area contributed by atoms with Crippen LogP contribution in [0.3, 0.4) is 0 Å². The molecule has 2 nitrogen and oxygen atoms in total. The van der Waals surface area contributed by atoms with Crippen LogP contribution in [0.15, 0.2) is 0 Å². The number of nitrogens with one attached hydrogen (secondary N) is 1. The molecule has 0 amide bonds. The van der Waals surface area contributed by atoms with E-state index in [1.807, 2.05) is 11.8 Å². The maximum absolute atomic E-state index is 8.75. The van der Waals surface area contributed by atoms with Crippen molar-refractivity contribution in [3.05, 3.63) is 0 Å². The minimum Gasteiger partial charge on any atom is -0.395 e. The minimum absolute atomic E-state index is 0.307. The average Bonchev–Trinajstić information content (AvgIpc) is 2.40. The molecule has 1 aliphatic rings. The van der Waals surface area contributed by atoms with Gasteiger partial charge in [-0.2, -0.15) is 11.8 Å². The van der Waals surface area contributed by atoms with E-state index in [2.05, 4.69) is 12.2 Å². The van der Waals surface area contributed by atoms with Crippen molar-refractivity contribution in [3.8, 4) is 0 Å². The number of rotatable bonds is 3. The Morgan fingerprint density at radius 2 is 2.60 bits per heavy atom. The van der Waals surface area contributed by atoms with Gasteiger partial charge in [0.25, 0.3) is 0 Å². The molecule has 0 saturated carbocycles. The third kappa shape index (κ3) is 2.48. The monoisotopic (exact) mass is 161 g/mol. The standard InChI is InChI=1S/C7H15NOS/c1-6(5-9)10-7-2-3-8-4-7/h6-9H,2-5H2,1H3. The molecular formula is C7H15NOS. The fraction of sp³-hybridized carbons (Fsp3) is 1.00. The van der Waals surface area contributed by atoms with E-state index in [-0.39, 0.29) is 0 Å². The van der Waals surface area contributed by atoms with Crippen LogP contribution in [-0.4, -0.2) is 35.3 Å². The van der Waals surface area contributed by atoms with Crippen molar-refractivity contribution in [2.45, 2.75) is 23.8 Å². The Morgan fingerprint density at radius 3 is 3.10 bits per heavy atom. The van der Waals surface area contributed by atoms with E-state index >= 15 is 0 Å². The highest BCUT2D eigenvalue weighted by atomic mass is 32.2. The van der Waals surface area contributed by atoms with Gasteiger partial charge in [-0.3, -0.25) is 0 Å². The zero-order valence-corrected chi connectivity index (χ0v) is 7.16. The quantitative estimate of drug-likeness (QED) is 0.631. The Bertz CT molecular complexity index is 93.6. The van der Waals surface area contributed by atoms with E-state index < -0.39 is 0 Å². The summed E-state index contributed by atoms with van der Waals surface area (Å²) in [7, 11) is 0. The lowest BCUT2D eigenvalue weighted by Gasteiger charge is -2.12. The molecular weight excluding hydrogens is 146 g/mol. The van der Waals surface area contributed by atoms with Gasteiger partial charge in [-0.05, 0) is 13.0 Å². The van der Waals surface area contributed by atoms with Gasteiger partial charge in [0.1, 0.15) is 0 Å². The van der Waals surface area contributed by atoms with Crippen molar-refractivity contribution in [2.75, 3.05) is 19.7 Å². The van der Waals surface area contributed by atoms with E-state index in [4.69, 9.17) is 5.11 Å². The van der Waals surface area contributed by atoms with Crippen molar-refractivity contribution in [3.63, 3.8) is 0 Å². The van der Waals surface area contributed by atoms with Crippen molar-refractivity contribution >= 4 is 11.8 Å². The van der Waals surface area contributed by atoms with Crippen LogP contribution in [0, 0.1) is 0 Å². The van der Waals surface area contributed by atoms with E-state index in [0.717, 1.165) is 18.3 Å². The molecule has 1 saturated heterocycles. The normalized spacial score (nSPS) is 28.8. The molecule has 0 radical (unpaired) electrons. The van der Waals surface area contributed by atoms with Crippen LogP contribution in [0.2, 0.25) is 0 Å². The molecule has 3 heteroatoms. The van der Waals surface area contributed by atoms with E-state index in [1.165, 1.54) is 6.42 Å². The molecule has 2 unspecified atom stereocenters. The highest BCUT2D eigenvalue weighted by molar-refractivity contribution is 8.00. The Balaban J connectivity index is 2.11. The van der Waals surface area contributed by atoms with Crippen LogP contribution >= 0.6 is 11.8 Å². The topological polar surface area (TPSA) is 32.3 Å². The first-order valence-corrected chi connectivity index (χ1v) is 4.74. The molecule has 1 fully saturated rings. The molecule has 0 spiro atoms. The summed E-state index contributed by atoms with van der Waals surface area (Å²) in [5, 5.41) is 13.2. The molecule has 0 aromatic carbocycles. The molecule has 1 aliphatic heterocycles. The third-order valence-corrected chi connectivity index (χ3v) is 3.10. The van der Waals surface area contributed by atoms with Gasteiger partial charge in [0.2, 0.25) is 0 Å². The smallest absolute Gasteiger partial charge is 0.0547 e. The Hall–Kier alpha value is 0.270. The second kappa shape index (κ2) is 4.21.